The molecule has 0 saturated heterocycles. The quantitative estimate of drug-likeness (QED) is 0.546. The van der Waals surface area contributed by atoms with E-state index in [1.54, 1.807) is 37.3 Å². The number of rotatable bonds is 3. The number of carbonyl (C=O) groups is 1. The van der Waals surface area contributed by atoms with E-state index in [4.69, 9.17) is 25.5 Å². The average molecular weight is 387 g/mol. The molecule has 0 bridgehead atoms. The Bertz CT molecular complexity index is 1100. The van der Waals surface area contributed by atoms with Crippen molar-refractivity contribution in [3.8, 4) is 11.5 Å². The van der Waals surface area contributed by atoms with Crippen LogP contribution in [0.1, 0.15) is 24.0 Å². The molecule has 0 fully saturated rings. The third-order valence-electron chi connectivity index (χ3n) is 4.51. The lowest BCUT2D eigenvalue weighted by molar-refractivity contribution is -0.151. The smallest absolute Gasteiger partial charge is 0.348 e. The van der Waals surface area contributed by atoms with E-state index in [1.807, 2.05) is 0 Å². The number of carbonyl (C=O) groups excluding carboxylic acids is 1. The van der Waals surface area contributed by atoms with Crippen molar-refractivity contribution in [1.29, 1.82) is 0 Å². The summed E-state index contributed by atoms with van der Waals surface area (Å²) in [5.74, 6) is -1.16. The molecule has 4 rings (SSSR count). The van der Waals surface area contributed by atoms with Crippen molar-refractivity contribution >= 4 is 28.5 Å². The Balaban J connectivity index is 1.96. The molecule has 27 heavy (non-hydrogen) atoms. The molecule has 1 aliphatic heterocycles. The van der Waals surface area contributed by atoms with Gasteiger partial charge in [-0.15, -0.1) is 0 Å². The highest BCUT2D eigenvalue weighted by atomic mass is 35.5. The maximum Gasteiger partial charge on any atom is 0.348 e. The molecule has 2 aromatic carbocycles. The molecule has 138 valence electrons. The number of hydrogen-bond donors (Lipinski definition) is 1. The van der Waals surface area contributed by atoms with Gasteiger partial charge in [0.15, 0.2) is 0 Å². The van der Waals surface area contributed by atoms with Crippen LogP contribution in [-0.2, 0) is 9.53 Å². The van der Waals surface area contributed by atoms with Gasteiger partial charge in [0.1, 0.15) is 17.1 Å². The van der Waals surface area contributed by atoms with Gasteiger partial charge in [-0.3, -0.25) is 0 Å². The van der Waals surface area contributed by atoms with Crippen LogP contribution < -0.4 is 10.4 Å². The molecule has 0 spiro atoms. The first-order chi connectivity index (χ1) is 13.0. The number of esters is 1. The van der Waals surface area contributed by atoms with Gasteiger partial charge < -0.3 is 19.0 Å². The van der Waals surface area contributed by atoms with Gasteiger partial charge in [0.25, 0.3) is 0 Å². The number of benzene rings is 2. The molecule has 7 heteroatoms. The summed E-state index contributed by atoms with van der Waals surface area (Å²) in [4.78, 5) is 25.2. The topological polar surface area (TPSA) is 86.0 Å². The van der Waals surface area contributed by atoms with Crippen molar-refractivity contribution in [3.05, 3.63) is 69.0 Å². The van der Waals surface area contributed by atoms with Crippen molar-refractivity contribution in [3.63, 3.8) is 0 Å². The van der Waals surface area contributed by atoms with Gasteiger partial charge >= 0.3 is 11.6 Å². The fraction of sp³-hybridized carbons (Fsp3) is 0.200. The molecule has 0 saturated carbocycles. The summed E-state index contributed by atoms with van der Waals surface area (Å²) < 4.78 is 16.5. The molecule has 6 nitrogen and oxygen atoms in total. The lowest BCUT2D eigenvalue weighted by atomic mass is 9.88. The second-order valence-corrected chi connectivity index (χ2v) is 6.51. The van der Waals surface area contributed by atoms with Crippen LogP contribution in [0.25, 0.3) is 11.0 Å². The van der Waals surface area contributed by atoms with E-state index in [2.05, 4.69) is 0 Å². The molecular formula is C20H15ClO6. The Morgan fingerprint density at radius 3 is 2.78 bits per heavy atom. The summed E-state index contributed by atoms with van der Waals surface area (Å²) in [5, 5.41) is 10.4. The number of fused-ring (bicyclic) bond motifs is 3. The Morgan fingerprint density at radius 2 is 2.04 bits per heavy atom. The molecule has 0 radical (unpaired) electrons. The lowest BCUT2D eigenvalue weighted by Gasteiger charge is -2.17. The normalized spacial score (nSPS) is 18.1. The first kappa shape index (κ1) is 17.4. The van der Waals surface area contributed by atoms with Crippen LogP contribution in [0, 0.1) is 0 Å². The summed E-state index contributed by atoms with van der Waals surface area (Å²) in [5.41, 5.74) is 0.545. The number of halogens is 1. The molecule has 1 N–H and O–H groups in total. The van der Waals surface area contributed by atoms with Crippen molar-refractivity contribution < 1.29 is 23.8 Å². The zero-order valence-corrected chi connectivity index (χ0v) is 15.0. The highest BCUT2D eigenvalue weighted by Crippen LogP contribution is 2.45. The van der Waals surface area contributed by atoms with Crippen LogP contribution in [0.15, 0.2) is 51.7 Å². The molecule has 0 aliphatic carbocycles. The molecule has 2 unspecified atom stereocenters. The van der Waals surface area contributed by atoms with E-state index in [0.29, 0.717) is 22.3 Å². The summed E-state index contributed by atoms with van der Waals surface area (Å²) in [6, 6.07) is 11.4. The first-order valence-electron chi connectivity index (χ1n) is 8.38. The van der Waals surface area contributed by atoms with E-state index in [9.17, 15) is 14.7 Å². The highest BCUT2D eigenvalue weighted by molar-refractivity contribution is 6.32. The summed E-state index contributed by atoms with van der Waals surface area (Å²) in [6.07, 6.45) is -1.06. The Hall–Kier alpha value is -2.99. The van der Waals surface area contributed by atoms with Gasteiger partial charge in [-0.05, 0) is 36.8 Å². The maximum atomic E-state index is 12.7. The predicted octanol–water partition coefficient (Wildman–Crippen LogP) is 3.61. The Kier molecular flexibility index (Phi) is 4.28. The molecule has 1 aliphatic rings. The summed E-state index contributed by atoms with van der Waals surface area (Å²) in [7, 11) is 0. The predicted molar refractivity (Wildman–Crippen MR) is 98.5 cm³/mol. The van der Waals surface area contributed by atoms with Crippen molar-refractivity contribution in [2.24, 2.45) is 0 Å². The lowest BCUT2D eigenvalue weighted by Crippen LogP contribution is -2.32. The minimum Gasteiger partial charge on any atom is -0.506 e. The fourth-order valence-corrected chi connectivity index (χ4v) is 3.53. The number of hydrogen-bond acceptors (Lipinski definition) is 6. The van der Waals surface area contributed by atoms with Crippen LogP contribution in [0.4, 0.5) is 0 Å². The van der Waals surface area contributed by atoms with Gasteiger partial charge in [0.2, 0.25) is 6.10 Å². The molecule has 3 aromatic rings. The Labute approximate surface area is 158 Å². The molecule has 0 amide bonds. The van der Waals surface area contributed by atoms with E-state index < -0.39 is 23.6 Å². The van der Waals surface area contributed by atoms with Crippen LogP contribution >= 0.6 is 11.6 Å². The number of aromatic hydroxyl groups is 1. The molecular weight excluding hydrogens is 372 g/mol. The van der Waals surface area contributed by atoms with Crippen molar-refractivity contribution in [2.75, 3.05) is 6.61 Å². The zero-order valence-electron chi connectivity index (χ0n) is 14.3. The third-order valence-corrected chi connectivity index (χ3v) is 4.81. The third kappa shape index (κ3) is 2.82. The van der Waals surface area contributed by atoms with Crippen molar-refractivity contribution in [1.82, 2.24) is 0 Å². The van der Waals surface area contributed by atoms with E-state index in [-0.39, 0.29) is 22.9 Å². The monoisotopic (exact) mass is 386 g/mol. The van der Waals surface area contributed by atoms with Crippen LogP contribution in [-0.4, -0.2) is 23.8 Å². The number of phenolic OH excluding ortho intramolecular Hbond substituents is 1. The van der Waals surface area contributed by atoms with E-state index >= 15 is 0 Å². The summed E-state index contributed by atoms with van der Waals surface area (Å²) >= 11 is 6.03. The second kappa shape index (κ2) is 6.63. The van der Waals surface area contributed by atoms with Crippen LogP contribution in [0.5, 0.6) is 11.5 Å². The highest BCUT2D eigenvalue weighted by Gasteiger charge is 2.45. The molecule has 1 aromatic heterocycles. The largest absolute Gasteiger partial charge is 0.506 e. The standard InChI is InChI=1S/C20H15ClO6/c1-2-25-20(24)18-15(10-7-8-13(22)12(21)9-10)16-17(27-18)11-5-3-4-6-14(11)26-19(16)23/h3-9,15,18,22H,2H2,1H3. The van der Waals surface area contributed by atoms with Gasteiger partial charge in [-0.1, -0.05) is 29.8 Å². The van der Waals surface area contributed by atoms with Gasteiger partial charge in [-0.25, -0.2) is 9.59 Å². The number of ether oxygens (including phenoxy) is 2. The van der Waals surface area contributed by atoms with E-state index in [1.165, 1.54) is 12.1 Å². The van der Waals surface area contributed by atoms with Crippen LogP contribution in [0.2, 0.25) is 5.02 Å². The minimum atomic E-state index is -1.06. The first-order valence-corrected chi connectivity index (χ1v) is 8.76. The molecule has 2 atom stereocenters. The number of phenols is 1. The van der Waals surface area contributed by atoms with Gasteiger partial charge in [-0.2, -0.15) is 0 Å². The van der Waals surface area contributed by atoms with Crippen molar-refractivity contribution in [2.45, 2.75) is 18.9 Å². The zero-order chi connectivity index (χ0) is 19.1. The average Bonchev–Trinajstić information content (AvgIpc) is 3.06. The van der Waals surface area contributed by atoms with E-state index in [0.717, 1.165) is 0 Å². The van der Waals surface area contributed by atoms with Gasteiger partial charge in [0, 0.05) is 0 Å². The summed E-state index contributed by atoms with van der Waals surface area (Å²) in [6.45, 7) is 1.86. The number of para-hydroxylation sites is 1. The fourth-order valence-electron chi connectivity index (χ4n) is 3.34. The molecule has 2 heterocycles. The second-order valence-electron chi connectivity index (χ2n) is 6.11. The Morgan fingerprint density at radius 1 is 1.26 bits per heavy atom. The maximum absolute atomic E-state index is 12.7. The van der Waals surface area contributed by atoms with Crippen LogP contribution in [0.3, 0.4) is 0 Å². The minimum absolute atomic E-state index is 0.0993. The SMILES string of the molecule is CCOC(=O)C1Oc2c(c(=O)oc3ccccc23)C1c1ccc(O)c(Cl)c1. The van der Waals surface area contributed by atoms with Gasteiger partial charge in [0.05, 0.1) is 28.5 Å².